The standard InChI is InChI=1S/C19H26N2O2/c1-7-14-9-15(10-18(23-6)17(14)12-20(3)4)16-8-13(2)19(22)21(5)11-16/h8-11H,7,12H2,1-6H3. The van der Waals surface area contributed by atoms with Crippen LogP contribution in [0.4, 0.5) is 0 Å². The van der Waals surface area contributed by atoms with Crippen LogP contribution in [0.3, 0.4) is 0 Å². The fourth-order valence-corrected chi connectivity index (χ4v) is 2.90. The van der Waals surface area contributed by atoms with Gasteiger partial charge in [0.05, 0.1) is 7.11 Å². The minimum absolute atomic E-state index is 0.0423. The Balaban J connectivity index is 2.63. The molecule has 2 rings (SSSR count). The summed E-state index contributed by atoms with van der Waals surface area (Å²) in [5, 5.41) is 0. The lowest BCUT2D eigenvalue weighted by Crippen LogP contribution is -2.18. The van der Waals surface area contributed by atoms with Gasteiger partial charge < -0.3 is 14.2 Å². The van der Waals surface area contributed by atoms with Crippen molar-refractivity contribution >= 4 is 0 Å². The van der Waals surface area contributed by atoms with E-state index in [2.05, 4.69) is 38.1 Å². The van der Waals surface area contributed by atoms with Gasteiger partial charge in [-0.05, 0) is 56.3 Å². The molecule has 124 valence electrons. The highest BCUT2D eigenvalue weighted by Gasteiger charge is 2.13. The van der Waals surface area contributed by atoms with Gasteiger partial charge in [-0.2, -0.15) is 0 Å². The molecule has 4 heteroatoms. The van der Waals surface area contributed by atoms with Gasteiger partial charge in [-0.25, -0.2) is 0 Å². The Morgan fingerprint density at radius 2 is 1.87 bits per heavy atom. The molecule has 0 saturated heterocycles. The van der Waals surface area contributed by atoms with Crippen molar-refractivity contribution in [1.82, 2.24) is 9.47 Å². The van der Waals surface area contributed by atoms with E-state index < -0.39 is 0 Å². The molecule has 0 saturated carbocycles. The van der Waals surface area contributed by atoms with Crippen LogP contribution in [0.15, 0.2) is 29.2 Å². The summed E-state index contributed by atoms with van der Waals surface area (Å²) in [7, 11) is 7.62. The van der Waals surface area contributed by atoms with Gasteiger partial charge >= 0.3 is 0 Å². The third kappa shape index (κ3) is 3.64. The van der Waals surface area contributed by atoms with Crippen molar-refractivity contribution < 1.29 is 4.74 Å². The number of pyridine rings is 1. The molecule has 2 aromatic rings. The Morgan fingerprint density at radius 1 is 1.17 bits per heavy atom. The Kier molecular flexibility index (Phi) is 5.26. The van der Waals surface area contributed by atoms with Crippen LogP contribution in [0.1, 0.15) is 23.6 Å². The number of benzene rings is 1. The molecule has 1 heterocycles. The molecule has 0 N–H and O–H groups in total. The zero-order valence-corrected chi connectivity index (χ0v) is 14.9. The van der Waals surface area contributed by atoms with Crippen molar-refractivity contribution in [2.24, 2.45) is 7.05 Å². The van der Waals surface area contributed by atoms with E-state index in [4.69, 9.17) is 4.74 Å². The second kappa shape index (κ2) is 7.01. The van der Waals surface area contributed by atoms with Crippen molar-refractivity contribution in [3.8, 4) is 16.9 Å². The summed E-state index contributed by atoms with van der Waals surface area (Å²) in [6.07, 6.45) is 2.83. The lowest BCUT2D eigenvalue weighted by atomic mass is 9.96. The molecule has 0 aliphatic rings. The predicted molar refractivity (Wildman–Crippen MR) is 95.2 cm³/mol. The molecule has 0 aliphatic heterocycles. The van der Waals surface area contributed by atoms with Crippen molar-refractivity contribution in [3.63, 3.8) is 0 Å². The lowest BCUT2D eigenvalue weighted by Gasteiger charge is -2.19. The Labute approximate surface area is 138 Å². The molecule has 0 unspecified atom stereocenters. The van der Waals surface area contributed by atoms with Crippen LogP contribution in [0, 0.1) is 6.92 Å². The molecule has 23 heavy (non-hydrogen) atoms. The zero-order chi connectivity index (χ0) is 17.1. The second-order valence-corrected chi connectivity index (χ2v) is 6.24. The molecule has 0 amide bonds. The average molecular weight is 314 g/mol. The number of aryl methyl sites for hydroxylation is 3. The highest BCUT2D eigenvalue weighted by atomic mass is 16.5. The molecule has 0 aliphatic carbocycles. The van der Waals surface area contributed by atoms with Crippen LogP contribution in [0.2, 0.25) is 0 Å². The Bertz CT molecular complexity index is 709. The first kappa shape index (κ1) is 17.3. The average Bonchev–Trinajstić information content (AvgIpc) is 2.51. The van der Waals surface area contributed by atoms with Gasteiger partial charge in [-0.15, -0.1) is 0 Å². The van der Waals surface area contributed by atoms with Crippen LogP contribution in [-0.2, 0) is 20.0 Å². The first-order chi connectivity index (χ1) is 10.9. The number of hydrogen-bond acceptors (Lipinski definition) is 3. The number of aromatic nitrogens is 1. The van der Waals surface area contributed by atoms with E-state index in [9.17, 15) is 4.79 Å². The quantitative estimate of drug-likeness (QED) is 0.851. The summed E-state index contributed by atoms with van der Waals surface area (Å²) in [4.78, 5) is 14.1. The SMILES string of the molecule is CCc1cc(-c2cc(C)c(=O)n(C)c2)cc(OC)c1CN(C)C. The van der Waals surface area contributed by atoms with Crippen LogP contribution in [-0.4, -0.2) is 30.7 Å². The van der Waals surface area contributed by atoms with E-state index >= 15 is 0 Å². The molecular weight excluding hydrogens is 288 g/mol. The predicted octanol–water partition coefficient (Wildman–Crippen LogP) is 2.99. The van der Waals surface area contributed by atoms with Crippen LogP contribution in [0.5, 0.6) is 5.75 Å². The van der Waals surface area contributed by atoms with Gasteiger partial charge in [0.1, 0.15) is 5.75 Å². The summed E-state index contributed by atoms with van der Waals surface area (Å²) >= 11 is 0. The van der Waals surface area contributed by atoms with Gasteiger partial charge in [0, 0.05) is 30.9 Å². The zero-order valence-electron chi connectivity index (χ0n) is 14.9. The molecule has 0 spiro atoms. The molecule has 0 atom stereocenters. The van der Waals surface area contributed by atoms with Gasteiger partial charge in [-0.3, -0.25) is 4.79 Å². The van der Waals surface area contributed by atoms with Gasteiger partial charge in [0.2, 0.25) is 0 Å². The number of nitrogens with zero attached hydrogens (tertiary/aromatic N) is 2. The Hall–Kier alpha value is -2.07. The highest BCUT2D eigenvalue weighted by molar-refractivity contribution is 5.67. The molecular formula is C19H26N2O2. The third-order valence-corrected chi connectivity index (χ3v) is 4.07. The fraction of sp³-hybridized carbons (Fsp3) is 0.421. The number of ether oxygens (including phenoxy) is 1. The molecule has 1 aromatic carbocycles. The van der Waals surface area contributed by atoms with Crippen LogP contribution in [0.25, 0.3) is 11.1 Å². The number of hydrogen-bond donors (Lipinski definition) is 0. The highest BCUT2D eigenvalue weighted by Crippen LogP contribution is 2.31. The molecule has 0 bridgehead atoms. The van der Waals surface area contributed by atoms with Gasteiger partial charge in [0.15, 0.2) is 0 Å². The van der Waals surface area contributed by atoms with Crippen LogP contribution >= 0.6 is 0 Å². The molecule has 0 radical (unpaired) electrons. The first-order valence-electron chi connectivity index (χ1n) is 7.89. The lowest BCUT2D eigenvalue weighted by molar-refractivity contribution is 0.370. The molecule has 1 aromatic heterocycles. The normalized spacial score (nSPS) is 11.1. The van der Waals surface area contributed by atoms with E-state index in [1.54, 1.807) is 18.7 Å². The fourth-order valence-electron chi connectivity index (χ4n) is 2.90. The van der Waals surface area contributed by atoms with E-state index in [1.807, 2.05) is 19.2 Å². The maximum absolute atomic E-state index is 11.9. The van der Waals surface area contributed by atoms with E-state index in [-0.39, 0.29) is 5.56 Å². The minimum atomic E-state index is 0.0423. The first-order valence-corrected chi connectivity index (χ1v) is 7.89. The number of methoxy groups -OCH3 is 1. The summed E-state index contributed by atoms with van der Waals surface area (Å²) in [6, 6.07) is 6.22. The van der Waals surface area contributed by atoms with Crippen LogP contribution < -0.4 is 10.3 Å². The van der Waals surface area contributed by atoms with E-state index in [0.29, 0.717) is 0 Å². The van der Waals surface area contributed by atoms with E-state index in [1.165, 1.54) is 11.1 Å². The topological polar surface area (TPSA) is 34.5 Å². The van der Waals surface area contributed by atoms with Crippen molar-refractivity contribution in [2.45, 2.75) is 26.8 Å². The molecule has 0 fully saturated rings. The van der Waals surface area contributed by atoms with Crippen molar-refractivity contribution in [2.75, 3.05) is 21.2 Å². The van der Waals surface area contributed by atoms with Crippen molar-refractivity contribution in [3.05, 3.63) is 51.4 Å². The minimum Gasteiger partial charge on any atom is -0.496 e. The van der Waals surface area contributed by atoms with Gasteiger partial charge in [0.25, 0.3) is 5.56 Å². The van der Waals surface area contributed by atoms with E-state index in [0.717, 1.165) is 35.4 Å². The maximum atomic E-state index is 11.9. The smallest absolute Gasteiger partial charge is 0.253 e. The summed E-state index contributed by atoms with van der Waals surface area (Å²) < 4.78 is 7.28. The summed E-state index contributed by atoms with van der Waals surface area (Å²) in [5.41, 5.74) is 5.42. The van der Waals surface area contributed by atoms with Gasteiger partial charge in [-0.1, -0.05) is 13.0 Å². The molecule has 4 nitrogen and oxygen atoms in total. The maximum Gasteiger partial charge on any atom is 0.253 e. The number of rotatable bonds is 5. The Morgan fingerprint density at radius 3 is 2.39 bits per heavy atom. The monoisotopic (exact) mass is 314 g/mol. The third-order valence-electron chi connectivity index (χ3n) is 4.07. The summed E-state index contributed by atoms with van der Waals surface area (Å²) in [5.74, 6) is 0.902. The van der Waals surface area contributed by atoms with Crippen molar-refractivity contribution in [1.29, 1.82) is 0 Å². The summed E-state index contributed by atoms with van der Waals surface area (Å²) in [6.45, 7) is 4.85. The largest absolute Gasteiger partial charge is 0.496 e. The second-order valence-electron chi connectivity index (χ2n) is 6.24.